The number of aliphatic carboxylic acids is 1. The second kappa shape index (κ2) is 14.0. The Kier molecular flexibility index (Phi) is 9.90. The summed E-state index contributed by atoms with van der Waals surface area (Å²) in [5.74, 6) is -0.338. The number of carboxylic acid groups (broad SMARTS) is 1. The van der Waals surface area contributed by atoms with Crippen molar-refractivity contribution in [2.45, 2.75) is 44.7 Å². The summed E-state index contributed by atoms with van der Waals surface area (Å²) in [4.78, 5) is 68.5. The number of nitrogens with zero attached hydrogens (tertiary/aromatic N) is 5. The third kappa shape index (κ3) is 7.61. The van der Waals surface area contributed by atoms with E-state index < -0.39 is 30.0 Å². The Morgan fingerprint density at radius 2 is 1.77 bits per heavy atom. The van der Waals surface area contributed by atoms with Crippen molar-refractivity contribution in [3.8, 4) is 11.4 Å². The van der Waals surface area contributed by atoms with Crippen LogP contribution in [0.2, 0.25) is 0 Å². The first-order valence-corrected chi connectivity index (χ1v) is 15.1. The van der Waals surface area contributed by atoms with Crippen LogP contribution in [-0.4, -0.2) is 107 Å². The molecule has 236 valence electrons. The summed E-state index contributed by atoms with van der Waals surface area (Å²) in [6.07, 6.45) is 0.410. The molecule has 14 nitrogen and oxygen atoms in total. The van der Waals surface area contributed by atoms with Crippen LogP contribution >= 0.6 is 0 Å². The maximum Gasteiger partial charge on any atom is 0.527 e. The summed E-state index contributed by atoms with van der Waals surface area (Å²) in [7, 11) is 0. The number of hydroxylamine groups is 2. The maximum atomic E-state index is 13.6. The van der Waals surface area contributed by atoms with E-state index in [-0.39, 0.29) is 57.4 Å². The molecule has 3 fully saturated rings. The third-order valence-corrected chi connectivity index (χ3v) is 8.28. The van der Waals surface area contributed by atoms with Gasteiger partial charge >= 0.3 is 12.1 Å². The Hall–Kier alpha value is -4.30. The van der Waals surface area contributed by atoms with Crippen molar-refractivity contribution in [2.24, 2.45) is 17.6 Å². The molecular formula is C30H39N7O7. The van der Waals surface area contributed by atoms with Gasteiger partial charge in [-0.3, -0.25) is 14.4 Å². The maximum absolute atomic E-state index is 13.6. The fourth-order valence-corrected chi connectivity index (χ4v) is 5.60. The van der Waals surface area contributed by atoms with Crippen molar-refractivity contribution in [2.75, 3.05) is 50.8 Å². The summed E-state index contributed by atoms with van der Waals surface area (Å²) < 4.78 is 5.02. The molecule has 1 saturated carbocycles. The second-order valence-corrected chi connectivity index (χ2v) is 11.4. The number of nitrogens with one attached hydrogen (secondary N) is 1. The van der Waals surface area contributed by atoms with Crippen molar-refractivity contribution in [1.29, 1.82) is 0 Å². The van der Waals surface area contributed by atoms with Crippen LogP contribution in [0.5, 0.6) is 0 Å². The molecule has 0 unspecified atom stereocenters. The molecule has 14 heteroatoms. The number of carbonyl (C=O) groups excluding carboxylic acids is 3. The van der Waals surface area contributed by atoms with E-state index in [1.807, 2.05) is 37.3 Å². The van der Waals surface area contributed by atoms with Gasteiger partial charge in [0.25, 0.3) is 5.91 Å². The highest BCUT2D eigenvalue weighted by atomic mass is 16.8. The molecule has 2 saturated heterocycles. The molecule has 44 heavy (non-hydrogen) atoms. The minimum Gasteiger partial charge on any atom is -0.481 e. The molecule has 2 amide bonds. The van der Waals surface area contributed by atoms with E-state index in [2.05, 4.69) is 15.2 Å². The molecule has 0 spiro atoms. The van der Waals surface area contributed by atoms with Crippen molar-refractivity contribution < 1.29 is 33.9 Å². The lowest BCUT2D eigenvalue weighted by Crippen LogP contribution is -2.55. The molecule has 4 atom stereocenters. The predicted molar refractivity (Wildman–Crippen MR) is 158 cm³/mol. The average molecular weight is 610 g/mol. The number of benzene rings is 1. The Morgan fingerprint density at radius 1 is 1.07 bits per heavy atom. The predicted octanol–water partition coefficient (Wildman–Crippen LogP) is 1.51. The number of aromatic nitrogens is 2. The van der Waals surface area contributed by atoms with E-state index in [1.54, 1.807) is 6.07 Å². The first-order chi connectivity index (χ1) is 21.2. The number of rotatable bonds is 12. The lowest BCUT2D eigenvalue weighted by Gasteiger charge is -2.35. The zero-order chi connectivity index (χ0) is 31.2. The number of nitrogens with two attached hydrogens (primary N) is 1. The SMILES string of the molecule is CCCCOC(=O)ON1CCN(C(=O)[C@H](CCC(=O)O)NC(=O)c2cc(N3C[C@@H]4[C@H](N)[C@@H]4C3)nc(-c3ccccc3)n2)CC1. The molecule has 0 bridgehead atoms. The third-order valence-electron chi connectivity index (χ3n) is 8.28. The van der Waals surface area contributed by atoms with Gasteiger partial charge in [-0.15, -0.1) is 5.06 Å². The number of carbonyl (C=O) groups is 4. The highest BCUT2D eigenvalue weighted by molar-refractivity contribution is 5.97. The number of ether oxygens (including phenoxy) is 1. The van der Waals surface area contributed by atoms with Gasteiger partial charge in [-0.25, -0.2) is 14.8 Å². The van der Waals surface area contributed by atoms with E-state index in [1.165, 1.54) is 9.96 Å². The van der Waals surface area contributed by atoms with Crippen molar-refractivity contribution >= 4 is 29.8 Å². The van der Waals surface area contributed by atoms with Gasteiger partial charge in [0.1, 0.15) is 17.6 Å². The van der Waals surface area contributed by atoms with Crippen molar-refractivity contribution in [3.05, 3.63) is 42.1 Å². The molecule has 3 heterocycles. The van der Waals surface area contributed by atoms with E-state index in [4.69, 9.17) is 20.3 Å². The molecule has 5 rings (SSSR count). The number of piperazine rings is 1. The number of amides is 2. The normalized spacial score (nSPS) is 21.7. The smallest absolute Gasteiger partial charge is 0.481 e. The lowest BCUT2D eigenvalue weighted by molar-refractivity contribution is -0.158. The summed E-state index contributed by atoms with van der Waals surface area (Å²) in [5.41, 5.74) is 6.93. The van der Waals surface area contributed by atoms with Crippen LogP contribution < -0.4 is 16.0 Å². The number of piperidine rings is 1. The van der Waals surface area contributed by atoms with E-state index in [0.29, 0.717) is 23.5 Å². The van der Waals surface area contributed by atoms with Crippen LogP contribution in [0.4, 0.5) is 10.6 Å². The zero-order valence-electron chi connectivity index (χ0n) is 24.8. The number of unbranched alkanes of at least 4 members (excludes halogenated alkanes) is 1. The molecule has 4 N–H and O–H groups in total. The van der Waals surface area contributed by atoms with Crippen LogP contribution in [0.15, 0.2) is 36.4 Å². The Balaban J connectivity index is 1.27. The summed E-state index contributed by atoms with van der Waals surface area (Å²) in [5, 5.41) is 13.5. The van der Waals surface area contributed by atoms with Gasteiger partial charge < -0.3 is 35.5 Å². The first kappa shape index (κ1) is 31.1. The van der Waals surface area contributed by atoms with Gasteiger partial charge in [0.2, 0.25) is 5.91 Å². The quantitative estimate of drug-likeness (QED) is 0.234. The first-order valence-electron chi connectivity index (χ1n) is 15.1. The minimum absolute atomic E-state index is 0.0756. The van der Waals surface area contributed by atoms with Crippen LogP contribution in [0, 0.1) is 11.8 Å². The van der Waals surface area contributed by atoms with Crippen LogP contribution in [0.3, 0.4) is 0 Å². The highest BCUT2D eigenvalue weighted by Crippen LogP contribution is 2.45. The monoisotopic (exact) mass is 609 g/mol. The number of carboxylic acids is 1. The average Bonchev–Trinajstić information content (AvgIpc) is 3.40. The van der Waals surface area contributed by atoms with Crippen molar-refractivity contribution in [3.63, 3.8) is 0 Å². The summed E-state index contributed by atoms with van der Waals surface area (Å²) in [6, 6.07) is 10.00. The second-order valence-electron chi connectivity index (χ2n) is 11.4. The van der Waals surface area contributed by atoms with E-state index in [9.17, 15) is 24.3 Å². The number of anilines is 1. The molecule has 1 aromatic carbocycles. The van der Waals surface area contributed by atoms with Gasteiger partial charge in [-0.1, -0.05) is 43.7 Å². The van der Waals surface area contributed by atoms with Gasteiger partial charge in [-0.2, -0.15) is 0 Å². The molecular weight excluding hydrogens is 570 g/mol. The van der Waals surface area contributed by atoms with E-state index in [0.717, 1.165) is 31.5 Å². The van der Waals surface area contributed by atoms with Crippen LogP contribution in [0.25, 0.3) is 11.4 Å². The van der Waals surface area contributed by atoms with Gasteiger partial charge in [-0.05, 0) is 24.7 Å². The molecule has 1 aromatic heterocycles. The largest absolute Gasteiger partial charge is 0.527 e. The highest BCUT2D eigenvalue weighted by Gasteiger charge is 2.54. The summed E-state index contributed by atoms with van der Waals surface area (Å²) >= 11 is 0. The lowest BCUT2D eigenvalue weighted by atomic mass is 10.1. The molecule has 0 radical (unpaired) electrons. The standard InChI is InChI=1S/C30H39N7O7/c1-2-3-15-43-30(42)44-37-13-11-35(12-14-37)29(41)22(9-10-25(38)39)33-28(40)23-16-24(36-17-20-21(18-36)26(20)31)34-27(32-23)19-7-5-4-6-8-19/h4-8,16,20-22,26H,2-3,9-15,17-18,31H2,1H3,(H,33,40)(H,38,39)/t20-,21+,22-,26-/m0/s1. The van der Waals surface area contributed by atoms with E-state index >= 15 is 0 Å². The fraction of sp³-hybridized carbons (Fsp3) is 0.533. The van der Waals surface area contributed by atoms with Gasteiger partial charge in [0, 0.05) is 50.3 Å². The number of hydrogen-bond donors (Lipinski definition) is 3. The molecule has 2 aliphatic heterocycles. The molecule has 2 aromatic rings. The molecule has 1 aliphatic carbocycles. The number of hydrogen-bond acceptors (Lipinski definition) is 11. The van der Waals surface area contributed by atoms with Crippen LogP contribution in [0.1, 0.15) is 43.1 Å². The molecule has 3 aliphatic rings. The zero-order valence-corrected chi connectivity index (χ0v) is 24.8. The van der Waals surface area contributed by atoms with Gasteiger partial charge in [0.05, 0.1) is 19.7 Å². The Labute approximate surface area is 255 Å². The Morgan fingerprint density at radius 3 is 2.43 bits per heavy atom. The van der Waals surface area contributed by atoms with Crippen molar-refractivity contribution in [1.82, 2.24) is 25.2 Å². The topological polar surface area (TPSA) is 181 Å². The summed E-state index contributed by atoms with van der Waals surface area (Å²) in [6.45, 7) is 4.65. The van der Waals surface area contributed by atoms with Crippen LogP contribution in [-0.2, 0) is 19.2 Å². The number of fused-ring (bicyclic) bond motifs is 1. The fourth-order valence-electron chi connectivity index (χ4n) is 5.60. The van der Waals surface area contributed by atoms with Gasteiger partial charge in [0.15, 0.2) is 5.82 Å². The minimum atomic E-state index is -1.10. The Bertz CT molecular complexity index is 1340.